The van der Waals surface area contributed by atoms with Crippen molar-refractivity contribution in [1.29, 1.82) is 0 Å². The average molecular weight is 302 g/mol. The fourth-order valence-electron chi connectivity index (χ4n) is 2.08. The van der Waals surface area contributed by atoms with E-state index in [0.717, 1.165) is 25.4 Å². The molecule has 1 aromatic rings. The second-order valence-corrected chi connectivity index (χ2v) is 5.26. The van der Waals surface area contributed by atoms with E-state index in [1.165, 1.54) is 18.9 Å². The van der Waals surface area contributed by atoms with E-state index in [0.29, 0.717) is 16.8 Å². The van der Waals surface area contributed by atoms with Crippen LogP contribution in [-0.2, 0) is 0 Å². The molecule has 0 aromatic heterocycles. The highest BCUT2D eigenvalue weighted by atomic mass is 79.9. The molecule has 2 rings (SSSR count). The van der Waals surface area contributed by atoms with Gasteiger partial charge in [0, 0.05) is 6.07 Å². The predicted molar refractivity (Wildman–Crippen MR) is 69.8 cm³/mol. The molecule has 0 spiro atoms. The zero-order valence-electron chi connectivity index (χ0n) is 9.72. The van der Waals surface area contributed by atoms with Gasteiger partial charge in [0.2, 0.25) is 0 Å². The Morgan fingerprint density at radius 1 is 1.35 bits per heavy atom. The number of nitrogens with one attached hydrogen (secondary N) is 1. The summed E-state index contributed by atoms with van der Waals surface area (Å²) in [6, 6.07) is 4.89. The Kier molecular flexibility index (Phi) is 4.80. The van der Waals surface area contributed by atoms with E-state index in [9.17, 15) is 4.39 Å². The van der Waals surface area contributed by atoms with E-state index in [1.54, 1.807) is 12.1 Å². The van der Waals surface area contributed by atoms with Crippen molar-refractivity contribution in [3.05, 3.63) is 28.5 Å². The fourth-order valence-corrected chi connectivity index (χ4v) is 2.33. The summed E-state index contributed by atoms with van der Waals surface area (Å²) in [7, 11) is 0. The maximum atomic E-state index is 13.2. The molecule has 1 fully saturated rings. The van der Waals surface area contributed by atoms with Gasteiger partial charge in [0.05, 0.1) is 11.1 Å². The van der Waals surface area contributed by atoms with Crippen molar-refractivity contribution in [1.82, 2.24) is 5.32 Å². The van der Waals surface area contributed by atoms with Crippen LogP contribution in [0.4, 0.5) is 4.39 Å². The fraction of sp³-hybridized carbons (Fsp3) is 0.538. The van der Waals surface area contributed by atoms with E-state index < -0.39 is 0 Å². The third kappa shape index (κ3) is 3.96. The van der Waals surface area contributed by atoms with E-state index >= 15 is 0 Å². The third-order valence-electron chi connectivity index (χ3n) is 3.14. The molecule has 17 heavy (non-hydrogen) atoms. The molecule has 1 aliphatic heterocycles. The highest BCUT2D eigenvalue weighted by Crippen LogP contribution is 2.22. The van der Waals surface area contributed by atoms with Crippen molar-refractivity contribution in [2.45, 2.75) is 19.3 Å². The number of ether oxygens (including phenoxy) is 1. The number of benzene rings is 1. The third-order valence-corrected chi connectivity index (χ3v) is 3.79. The van der Waals surface area contributed by atoms with Gasteiger partial charge >= 0.3 is 0 Å². The van der Waals surface area contributed by atoms with Crippen LogP contribution in [0.15, 0.2) is 22.7 Å². The quantitative estimate of drug-likeness (QED) is 0.921. The lowest BCUT2D eigenvalue weighted by Crippen LogP contribution is -2.28. The number of halogens is 2. The number of hydrogen-bond donors (Lipinski definition) is 1. The number of rotatable bonds is 4. The van der Waals surface area contributed by atoms with E-state index in [1.807, 2.05) is 0 Å². The van der Waals surface area contributed by atoms with Crippen molar-refractivity contribution < 1.29 is 9.13 Å². The second kappa shape index (κ2) is 6.36. The molecule has 1 heterocycles. The van der Waals surface area contributed by atoms with Gasteiger partial charge in [-0.15, -0.1) is 0 Å². The summed E-state index contributed by atoms with van der Waals surface area (Å²) in [5.41, 5.74) is 0. The molecule has 1 aliphatic rings. The number of hydrogen-bond acceptors (Lipinski definition) is 2. The van der Waals surface area contributed by atoms with Gasteiger partial charge in [0.1, 0.15) is 11.6 Å². The first kappa shape index (κ1) is 12.8. The Hall–Kier alpha value is -0.610. The van der Waals surface area contributed by atoms with Gasteiger partial charge in [-0.05, 0) is 66.3 Å². The van der Waals surface area contributed by atoms with Gasteiger partial charge in [0.15, 0.2) is 0 Å². The highest BCUT2D eigenvalue weighted by Gasteiger charge is 2.12. The Morgan fingerprint density at radius 2 is 2.12 bits per heavy atom. The summed E-state index contributed by atoms with van der Waals surface area (Å²) >= 11 is 3.12. The van der Waals surface area contributed by atoms with Crippen molar-refractivity contribution in [3.63, 3.8) is 0 Å². The largest absolute Gasteiger partial charge is 0.493 e. The first-order chi connectivity index (χ1) is 8.25. The first-order valence-electron chi connectivity index (χ1n) is 6.04. The molecule has 0 saturated carbocycles. The lowest BCUT2D eigenvalue weighted by atomic mass is 9.95. The van der Waals surface area contributed by atoms with Crippen LogP contribution in [0.1, 0.15) is 19.3 Å². The van der Waals surface area contributed by atoms with Gasteiger partial charge in [-0.3, -0.25) is 0 Å². The van der Waals surface area contributed by atoms with Crippen LogP contribution in [0, 0.1) is 11.7 Å². The van der Waals surface area contributed by atoms with Crippen LogP contribution in [0.5, 0.6) is 5.75 Å². The molecule has 0 aliphatic carbocycles. The lowest BCUT2D eigenvalue weighted by Gasteiger charge is -2.22. The van der Waals surface area contributed by atoms with E-state index in [-0.39, 0.29) is 5.82 Å². The van der Waals surface area contributed by atoms with Crippen molar-refractivity contribution in [2.75, 3.05) is 19.7 Å². The zero-order valence-corrected chi connectivity index (χ0v) is 11.3. The van der Waals surface area contributed by atoms with Crippen LogP contribution in [0.3, 0.4) is 0 Å². The smallest absolute Gasteiger partial charge is 0.141 e. The average Bonchev–Trinajstić information content (AvgIpc) is 2.35. The molecule has 4 heteroatoms. The summed E-state index contributed by atoms with van der Waals surface area (Å²) < 4.78 is 19.3. The molecule has 0 radical (unpaired) electrons. The van der Waals surface area contributed by atoms with Gasteiger partial charge in [0.25, 0.3) is 0 Å². The monoisotopic (exact) mass is 301 g/mol. The summed E-state index contributed by atoms with van der Waals surface area (Å²) in [5.74, 6) is 1.08. The first-order valence-corrected chi connectivity index (χ1v) is 6.83. The summed E-state index contributed by atoms with van der Waals surface area (Å²) in [6.07, 6.45) is 3.50. The zero-order chi connectivity index (χ0) is 12.1. The molecule has 0 unspecified atom stereocenters. The van der Waals surface area contributed by atoms with Crippen molar-refractivity contribution in [2.24, 2.45) is 5.92 Å². The van der Waals surface area contributed by atoms with E-state index in [4.69, 9.17) is 4.74 Å². The Bertz CT molecular complexity index is 366. The Balaban J connectivity index is 1.75. The van der Waals surface area contributed by atoms with Crippen LogP contribution in [-0.4, -0.2) is 19.7 Å². The minimum Gasteiger partial charge on any atom is -0.493 e. The van der Waals surface area contributed by atoms with Gasteiger partial charge in [-0.2, -0.15) is 0 Å². The normalized spacial score (nSPS) is 17.1. The van der Waals surface area contributed by atoms with Crippen molar-refractivity contribution in [3.8, 4) is 5.75 Å². The SMILES string of the molecule is Fc1cc(OCCC2CCNCC2)ccc1Br. The van der Waals surface area contributed by atoms with Gasteiger partial charge in [-0.1, -0.05) is 0 Å². The van der Waals surface area contributed by atoms with Crippen LogP contribution in [0.2, 0.25) is 0 Å². The second-order valence-electron chi connectivity index (χ2n) is 4.41. The van der Waals surface area contributed by atoms with Gasteiger partial charge < -0.3 is 10.1 Å². The predicted octanol–water partition coefficient (Wildman–Crippen LogP) is 3.36. The Morgan fingerprint density at radius 3 is 2.82 bits per heavy atom. The Labute approximate surface area is 110 Å². The van der Waals surface area contributed by atoms with Crippen LogP contribution >= 0.6 is 15.9 Å². The molecule has 1 saturated heterocycles. The maximum absolute atomic E-state index is 13.2. The number of piperidine rings is 1. The van der Waals surface area contributed by atoms with Crippen LogP contribution in [0.25, 0.3) is 0 Å². The minimum atomic E-state index is -0.274. The molecule has 0 amide bonds. The lowest BCUT2D eigenvalue weighted by molar-refractivity contribution is 0.251. The van der Waals surface area contributed by atoms with Gasteiger partial charge in [-0.25, -0.2) is 4.39 Å². The molecule has 2 nitrogen and oxygen atoms in total. The molecule has 94 valence electrons. The minimum absolute atomic E-state index is 0.274. The van der Waals surface area contributed by atoms with Crippen molar-refractivity contribution >= 4 is 15.9 Å². The van der Waals surface area contributed by atoms with Crippen LogP contribution < -0.4 is 10.1 Å². The summed E-state index contributed by atoms with van der Waals surface area (Å²) in [5, 5.41) is 3.34. The standard InChI is InChI=1S/C13H17BrFNO/c14-12-2-1-11(9-13(12)15)17-8-5-10-3-6-16-7-4-10/h1-2,9-10,16H,3-8H2. The molecule has 0 atom stereocenters. The topological polar surface area (TPSA) is 21.3 Å². The molecule has 1 aromatic carbocycles. The molecular weight excluding hydrogens is 285 g/mol. The summed E-state index contributed by atoms with van der Waals surface area (Å²) in [4.78, 5) is 0. The maximum Gasteiger partial charge on any atom is 0.141 e. The molecular formula is C13H17BrFNO. The molecule has 1 N–H and O–H groups in total. The summed E-state index contributed by atoms with van der Waals surface area (Å²) in [6.45, 7) is 2.89. The van der Waals surface area contributed by atoms with E-state index in [2.05, 4.69) is 21.2 Å². The highest BCUT2D eigenvalue weighted by molar-refractivity contribution is 9.10. The molecule has 0 bridgehead atoms.